The van der Waals surface area contributed by atoms with E-state index in [9.17, 15) is 0 Å². The molecule has 0 amide bonds. The number of rotatable bonds is 2. The lowest BCUT2D eigenvalue weighted by Gasteiger charge is -2.24. The molecule has 0 N–H and O–H groups in total. The Balaban J connectivity index is 1.72. The van der Waals surface area contributed by atoms with E-state index in [0.29, 0.717) is 11.1 Å². The van der Waals surface area contributed by atoms with Gasteiger partial charge in [0.15, 0.2) is 0 Å². The Kier molecular flexibility index (Phi) is 5.29. The maximum Gasteiger partial charge on any atom is 0.0678 e. The van der Waals surface area contributed by atoms with Gasteiger partial charge in [-0.15, -0.1) is 0 Å². The molecule has 0 saturated heterocycles. The van der Waals surface area contributed by atoms with Gasteiger partial charge in [-0.05, 0) is 94.1 Å². The van der Waals surface area contributed by atoms with E-state index < -0.39 is 0 Å². The van der Waals surface area contributed by atoms with Crippen LogP contribution in [0.3, 0.4) is 0 Å². The van der Waals surface area contributed by atoms with Crippen LogP contribution in [0.4, 0.5) is 0 Å². The maximum absolute atomic E-state index is 2.46. The Morgan fingerprint density at radius 2 is 0.935 bits per heavy atom. The van der Waals surface area contributed by atoms with Crippen LogP contribution in [0.2, 0.25) is 0 Å². The summed E-state index contributed by atoms with van der Waals surface area (Å²) in [5, 5.41) is 0. The van der Waals surface area contributed by atoms with Gasteiger partial charge in [-0.3, -0.25) is 0 Å². The zero-order valence-electron chi connectivity index (χ0n) is 21.1. The van der Waals surface area contributed by atoms with Crippen molar-refractivity contribution in [2.24, 2.45) is 0 Å². The third-order valence-electron chi connectivity index (χ3n) is 7.65. The van der Waals surface area contributed by atoms with E-state index >= 15 is 0 Å². The van der Waals surface area contributed by atoms with Gasteiger partial charge in [0.2, 0.25) is 0 Å². The molecule has 2 aliphatic carbocycles. The summed E-state index contributed by atoms with van der Waals surface area (Å²) in [4.78, 5) is 0. The van der Waals surface area contributed by atoms with Crippen LogP contribution in [-0.4, -0.2) is 9.52 Å². The smallest absolute Gasteiger partial charge is 0.0655 e. The van der Waals surface area contributed by atoms with Crippen molar-refractivity contribution in [2.75, 3.05) is 0 Å². The fraction of sp³-hybridized carbons (Fsp3) is 0.467. The van der Waals surface area contributed by atoms with Crippen LogP contribution < -0.4 is 0 Å². The Bertz CT molecular complexity index is 1020. The van der Waals surface area contributed by atoms with Gasteiger partial charge < -0.3 is 0 Å². The third-order valence-corrected chi connectivity index (χ3v) is 9.81. The predicted octanol–water partition coefficient (Wildman–Crippen LogP) is 8.38. The molecule has 0 bridgehead atoms. The van der Waals surface area contributed by atoms with Crippen LogP contribution in [-0.2, 0) is 10.8 Å². The van der Waals surface area contributed by atoms with Crippen LogP contribution in [0.5, 0.6) is 0 Å². The molecular formula is C30H38Si. The first-order valence-corrected chi connectivity index (χ1v) is 12.9. The summed E-state index contributed by atoms with van der Waals surface area (Å²) in [6.45, 7) is 23.3. The van der Waals surface area contributed by atoms with Crippen LogP contribution in [0.15, 0.2) is 47.5 Å². The predicted molar refractivity (Wildman–Crippen MR) is 138 cm³/mol. The van der Waals surface area contributed by atoms with E-state index in [4.69, 9.17) is 0 Å². The van der Waals surface area contributed by atoms with Crippen LogP contribution in [0.25, 0.3) is 11.1 Å². The van der Waals surface area contributed by atoms with E-state index in [0.717, 1.165) is 9.52 Å². The molecule has 31 heavy (non-hydrogen) atoms. The van der Waals surface area contributed by atoms with E-state index in [1.54, 1.807) is 22.3 Å². The first-order valence-electron chi connectivity index (χ1n) is 11.7. The largest absolute Gasteiger partial charge is 0.0678 e. The lowest BCUT2D eigenvalue weighted by Crippen LogP contribution is -2.18. The van der Waals surface area contributed by atoms with Gasteiger partial charge in [-0.1, -0.05) is 89.1 Å². The highest BCUT2D eigenvalue weighted by Crippen LogP contribution is 2.48. The summed E-state index contributed by atoms with van der Waals surface area (Å²) in [6.07, 6.45) is 0. The van der Waals surface area contributed by atoms with Crippen molar-refractivity contribution >= 4 is 20.7 Å². The summed E-state index contributed by atoms with van der Waals surface area (Å²) in [5.41, 5.74) is 16.6. The summed E-state index contributed by atoms with van der Waals surface area (Å²) < 4.78 is 0. The lowest BCUT2D eigenvalue weighted by molar-refractivity contribution is 0.589. The van der Waals surface area contributed by atoms with Gasteiger partial charge in [0.05, 0.1) is 9.52 Å². The van der Waals surface area contributed by atoms with Gasteiger partial charge >= 0.3 is 0 Å². The minimum atomic E-state index is 0.190. The lowest BCUT2D eigenvalue weighted by atomic mass is 9.85. The molecule has 0 aliphatic heterocycles. The van der Waals surface area contributed by atoms with Crippen LogP contribution in [0.1, 0.15) is 114 Å². The van der Waals surface area contributed by atoms with Crippen molar-refractivity contribution < 1.29 is 0 Å². The molecule has 2 aliphatic rings. The molecule has 0 spiro atoms. The maximum atomic E-state index is 2.46. The number of hydrogen-bond acceptors (Lipinski definition) is 0. The standard InChI is InChI=1S/C30H38Si/c1-17-19(3)27(23-13-11-21(15-25(17)23)29(5,6)7)31-28-20(4)18(2)26-16-22(30(8,9)10)12-14-24(26)28/h11-16,27-28H,1-10H3. The highest BCUT2D eigenvalue weighted by molar-refractivity contribution is 6.44. The highest BCUT2D eigenvalue weighted by atomic mass is 28.2. The molecule has 0 heterocycles. The van der Waals surface area contributed by atoms with E-state index in [1.807, 2.05) is 0 Å². The minimum Gasteiger partial charge on any atom is -0.0655 e. The molecule has 1 heteroatoms. The molecule has 2 aromatic carbocycles. The van der Waals surface area contributed by atoms with Gasteiger partial charge in [0.1, 0.15) is 0 Å². The first kappa shape index (κ1) is 22.3. The summed E-state index contributed by atoms with van der Waals surface area (Å²) >= 11 is 0. The van der Waals surface area contributed by atoms with E-state index in [-0.39, 0.29) is 10.8 Å². The molecule has 4 rings (SSSR count). The van der Waals surface area contributed by atoms with E-state index in [2.05, 4.69) is 106 Å². The van der Waals surface area contributed by atoms with Crippen molar-refractivity contribution in [3.05, 3.63) is 80.9 Å². The van der Waals surface area contributed by atoms with Crippen molar-refractivity contribution in [1.82, 2.24) is 0 Å². The summed E-state index contributed by atoms with van der Waals surface area (Å²) in [7, 11) is 0.857. The fourth-order valence-corrected chi connectivity index (χ4v) is 7.25. The minimum absolute atomic E-state index is 0.190. The normalized spacial score (nSPS) is 21.1. The summed E-state index contributed by atoms with van der Waals surface area (Å²) in [6, 6.07) is 14.5. The molecule has 0 aromatic heterocycles. The molecule has 0 fully saturated rings. The molecule has 162 valence electrons. The second kappa shape index (κ2) is 7.34. The zero-order chi connectivity index (χ0) is 22.9. The third kappa shape index (κ3) is 3.69. The molecule has 0 nitrogen and oxygen atoms in total. The molecule has 0 saturated carbocycles. The number of allylic oxidation sites excluding steroid dienone is 4. The zero-order valence-corrected chi connectivity index (χ0v) is 22.1. The number of hydrogen-bond donors (Lipinski definition) is 0. The Morgan fingerprint density at radius 1 is 0.581 bits per heavy atom. The Hall–Kier alpha value is -1.86. The van der Waals surface area contributed by atoms with Crippen molar-refractivity contribution in [1.29, 1.82) is 0 Å². The van der Waals surface area contributed by atoms with Gasteiger partial charge in [0, 0.05) is 0 Å². The van der Waals surface area contributed by atoms with Crippen molar-refractivity contribution in [2.45, 2.75) is 91.1 Å². The number of benzene rings is 2. The van der Waals surface area contributed by atoms with Crippen molar-refractivity contribution in [3.63, 3.8) is 0 Å². The molecular weight excluding hydrogens is 388 g/mol. The van der Waals surface area contributed by atoms with Crippen LogP contribution >= 0.6 is 0 Å². The Labute approximate surface area is 192 Å². The SMILES string of the molecule is CC1=C(C)C([Si]C2C(C)=C(C)c3cc(C(C)(C)C)ccc32)c2ccc(C(C)(C)C)cc21. The average molecular weight is 427 g/mol. The molecule has 2 radical (unpaired) electrons. The Morgan fingerprint density at radius 3 is 1.26 bits per heavy atom. The highest BCUT2D eigenvalue weighted by Gasteiger charge is 2.35. The van der Waals surface area contributed by atoms with Gasteiger partial charge in [-0.25, -0.2) is 0 Å². The van der Waals surface area contributed by atoms with E-state index in [1.165, 1.54) is 33.4 Å². The second-order valence-electron chi connectivity index (χ2n) is 11.8. The van der Waals surface area contributed by atoms with Gasteiger partial charge in [-0.2, -0.15) is 0 Å². The van der Waals surface area contributed by atoms with Crippen molar-refractivity contribution in [3.8, 4) is 0 Å². The first-order chi connectivity index (χ1) is 14.3. The second-order valence-corrected chi connectivity index (χ2v) is 13.2. The summed E-state index contributed by atoms with van der Waals surface area (Å²) in [5.74, 6) is 0. The number of fused-ring (bicyclic) bond motifs is 2. The molecule has 2 atom stereocenters. The van der Waals surface area contributed by atoms with Gasteiger partial charge in [0.25, 0.3) is 0 Å². The topological polar surface area (TPSA) is 0 Å². The van der Waals surface area contributed by atoms with Crippen LogP contribution in [0, 0.1) is 0 Å². The average Bonchev–Trinajstić information content (AvgIpc) is 3.07. The molecule has 2 unspecified atom stereocenters. The monoisotopic (exact) mass is 426 g/mol. The quantitative estimate of drug-likeness (QED) is 0.423. The molecule has 2 aromatic rings. The fourth-order valence-electron chi connectivity index (χ4n) is 5.12.